The predicted molar refractivity (Wildman–Crippen MR) is 85.7 cm³/mol. The monoisotopic (exact) mass is 331 g/mol. The molecule has 1 aromatic carbocycles. The summed E-state index contributed by atoms with van der Waals surface area (Å²) in [7, 11) is 1.48. The third kappa shape index (κ3) is 2.56. The van der Waals surface area contributed by atoms with Crippen LogP contribution in [0.2, 0.25) is 0 Å². The maximum atomic E-state index is 13.2. The summed E-state index contributed by atoms with van der Waals surface area (Å²) in [5, 5.41) is 9.40. The number of benzene rings is 1. The van der Waals surface area contributed by atoms with Crippen LogP contribution in [-0.4, -0.2) is 40.9 Å². The molecular weight excluding hydrogens is 310 g/mol. The van der Waals surface area contributed by atoms with Crippen molar-refractivity contribution in [2.24, 2.45) is 0 Å². The maximum Gasteiger partial charge on any atom is 0.304 e. The van der Waals surface area contributed by atoms with Crippen LogP contribution < -0.4 is 4.74 Å². The van der Waals surface area contributed by atoms with Gasteiger partial charge in [-0.15, -0.1) is 0 Å². The smallest absolute Gasteiger partial charge is 0.304 e. The van der Waals surface area contributed by atoms with E-state index in [1.165, 1.54) is 12.0 Å². The number of para-hydroxylation sites is 1. The lowest BCUT2D eigenvalue weighted by atomic mass is 9.75. The van der Waals surface area contributed by atoms with Gasteiger partial charge in [0.05, 0.1) is 18.9 Å². The van der Waals surface area contributed by atoms with Crippen LogP contribution in [0.1, 0.15) is 44.1 Å². The standard InChI is InChI=1S/C18H21NO5/c1-24-14-9-5-4-8-13(14)18(11-16(21)22)10-15(20)19(17(18)23)12-6-2-3-7-12/h4-5,8-9,12H,2-3,6-7,10-11H2,1H3,(H,21,22). The first-order chi connectivity index (χ1) is 11.5. The lowest BCUT2D eigenvalue weighted by molar-refractivity contribution is -0.146. The van der Waals surface area contributed by atoms with Crippen LogP contribution in [0.4, 0.5) is 0 Å². The molecule has 6 heteroatoms. The summed E-state index contributed by atoms with van der Waals surface area (Å²) in [5.74, 6) is -1.34. The molecule has 0 aromatic heterocycles. The van der Waals surface area contributed by atoms with Crippen LogP contribution in [0.15, 0.2) is 24.3 Å². The predicted octanol–water partition coefficient (Wildman–Crippen LogP) is 2.11. The van der Waals surface area contributed by atoms with Gasteiger partial charge < -0.3 is 9.84 Å². The van der Waals surface area contributed by atoms with Crippen LogP contribution >= 0.6 is 0 Å². The van der Waals surface area contributed by atoms with E-state index in [1.807, 2.05) is 0 Å². The number of nitrogens with zero attached hydrogens (tertiary/aromatic N) is 1. The number of carbonyl (C=O) groups is 3. The van der Waals surface area contributed by atoms with Crippen LogP contribution in [0, 0.1) is 0 Å². The van der Waals surface area contributed by atoms with Gasteiger partial charge in [-0.1, -0.05) is 31.0 Å². The van der Waals surface area contributed by atoms with Gasteiger partial charge >= 0.3 is 5.97 Å². The van der Waals surface area contributed by atoms with Crippen molar-refractivity contribution >= 4 is 17.8 Å². The number of carbonyl (C=O) groups excluding carboxylic acids is 2. The van der Waals surface area contributed by atoms with Crippen molar-refractivity contribution in [2.75, 3.05) is 7.11 Å². The Morgan fingerprint density at radius 3 is 2.58 bits per heavy atom. The summed E-state index contributed by atoms with van der Waals surface area (Å²) in [4.78, 5) is 38.6. The van der Waals surface area contributed by atoms with Crippen LogP contribution in [0.25, 0.3) is 0 Å². The highest BCUT2D eigenvalue weighted by Crippen LogP contribution is 2.45. The molecule has 0 bridgehead atoms. The second kappa shape index (κ2) is 6.26. The van der Waals surface area contributed by atoms with Gasteiger partial charge in [-0.3, -0.25) is 19.3 Å². The highest BCUT2D eigenvalue weighted by Gasteiger charge is 2.56. The summed E-state index contributed by atoms with van der Waals surface area (Å²) in [6.45, 7) is 0. The quantitative estimate of drug-likeness (QED) is 0.836. The average molecular weight is 331 g/mol. The highest BCUT2D eigenvalue weighted by atomic mass is 16.5. The molecule has 0 radical (unpaired) electrons. The zero-order valence-corrected chi connectivity index (χ0v) is 13.7. The van der Waals surface area contributed by atoms with Gasteiger partial charge in [-0.05, 0) is 18.9 Å². The number of carboxylic acid groups (broad SMARTS) is 1. The number of ether oxygens (including phenoxy) is 1. The number of hydrogen-bond donors (Lipinski definition) is 1. The van der Waals surface area contributed by atoms with Crippen molar-refractivity contribution < 1.29 is 24.2 Å². The summed E-state index contributed by atoms with van der Waals surface area (Å²) in [5.41, 5.74) is -0.897. The van der Waals surface area contributed by atoms with E-state index in [0.717, 1.165) is 25.7 Å². The molecule has 6 nitrogen and oxygen atoms in total. The van der Waals surface area contributed by atoms with E-state index < -0.39 is 23.7 Å². The zero-order valence-electron chi connectivity index (χ0n) is 13.7. The Balaban J connectivity index is 2.08. The average Bonchev–Trinajstić information content (AvgIpc) is 3.14. The first-order valence-electron chi connectivity index (χ1n) is 8.21. The Morgan fingerprint density at radius 2 is 1.96 bits per heavy atom. The summed E-state index contributed by atoms with van der Waals surface area (Å²) < 4.78 is 5.33. The summed E-state index contributed by atoms with van der Waals surface area (Å²) in [6.07, 6.45) is 3.04. The minimum atomic E-state index is -1.38. The second-order valence-electron chi connectivity index (χ2n) is 6.54. The molecule has 2 aliphatic rings. The number of rotatable bonds is 5. The number of hydrogen-bond acceptors (Lipinski definition) is 4. The largest absolute Gasteiger partial charge is 0.496 e. The Kier molecular flexibility index (Phi) is 4.30. The van der Waals surface area contributed by atoms with Gasteiger partial charge in [0, 0.05) is 18.0 Å². The fraction of sp³-hybridized carbons (Fsp3) is 0.500. The molecule has 1 aliphatic heterocycles. The third-order valence-electron chi connectivity index (χ3n) is 5.12. The first-order valence-corrected chi connectivity index (χ1v) is 8.21. The van der Waals surface area contributed by atoms with Crippen molar-refractivity contribution in [2.45, 2.75) is 50.0 Å². The minimum Gasteiger partial charge on any atom is -0.496 e. The van der Waals surface area contributed by atoms with Crippen LogP contribution in [0.3, 0.4) is 0 Å². The normalized spacial score (nSPS) is 24.6. The van der Waals surface area contributed by atoms with Gasteiger partial charge in [0.15, 0.2) is 0 Å². The number of methoxy groups -OCH3 is 1. The highest BCUT2D eigenvalue weighted by molar-refractivity contribution is 6.11. The number of carboxylic acids is 1. The molecule has 1 saturated heterocycles. The van der Waals surface area contributed by atoms with E-state index in [1.54, 1.807) is 24.3 Å². The Hall–Kier alpha value is -2.37. The lowest BCUT2D eigenvalue weighted by Gasteiger charge is -2.29. The zero-order chi connectivity index (χ0) is 17.3. The van der Waals surface area contributed by atoms with Crippen molar-refractivity contribution in [3.05, 3.63) is 29.8 Å². The summed E-state index contributed by atoms with van der Waals surface area (Å²) >= 11 is 0. The van der Waals surface area contributed by atoms with E-state index in [4.69, 9.17) is 4.74 Å². The fourth-order valence-corrected chi connectivity index (χ4v) is 4.04. The van der Waals surface area contributed by atoms with Crippen molar-refractivity contribution in [3.63, 3.8) is 0 Å². The van der Waals surface area contributed by atoms with Crippen molar-refractivity contribution in [1.29, 1.82) is 0 Å². The lowest BCUT2D eigenvalue weighted by Crippen LogP contribution is -2.44. The molecule has 1 aliphatic carbocycles. The van der Waals surface area contributed by atoms with E-state index in [0.29, 0.717) is 11.3 Å². The Labute approximate surface area is 140 Å². The molecule has 3 rings (SSSR count). The van der Waals surface area contributed by atoms with Crippen LogP contribution in [-0.2, 0) is 19.8 Å². The van der Waals surface area contributed by atoms with Gasteiger partial charge in [-0.2, -0.15) is 0 Å². The minimum absolute atomic E-state index is 0.102. The third-order valence-corrected chi connectivity index (χ3v) is 5.12. The molecule has 2 amide bonds. The molecule has 1 saturated carbocycles. The number of aliphatic carboxylic acids is 1. The van der Waals surface area contributed by atoms with Gasteiger partial charge in [0.2, 0.25) is 11.8 Å². The second-order valence-corrected chi connectivity index (χ2v) is 6.54. The van der Waals surface area contributed by atoms with Gasteiger partial charge in [0.25, 0.3) is 0 Å². The van der Waals surface area contributed by atoms with E-state index in [9.17, 15) is 19.5 Å². The molecule has 0 spiro atoms. The van der Waals surface area contributed by atoms with Crippen molar-refractivity contribution in [3.8, 4) is 5.75 Å². The molecule has 2 fully saturated rings. The number of amides is 2. The molecule has 128 valence electrons. The Bertz CT molecular complexity index is 680. The van der Waals surface area contributed by atoms with Gasteiger partial charge in [0.1, 0.15) is 5.75 Å². The van der Waals surface area contributed by atoms with E-state index in [2.05, 4.69) is 0 Å². The molecule has 1 unspecified atom stereocenters. The Morgan fingerprint density at radius 1 is 1.29 bits per heavy atom. The molecular formula is C18H21NO5. The molecule has 1 heterocycles. The first kappa shape index (κ1) is 16.5. The van der Waals surface area contributed by atoms with E-state index in [-0.39, 0.29) is 18.4 Å². The van der Waals surface area contributed by atoms with Gasteiger partial charge in [-0.25, -0.2) is 0 Å². The number of imide groups is 1. The maximum absolute atomic E-state index is 13.2. The molecule has 1 N–H and O–H groups in total. The molecule has 1 aromatic rings. The van der Waals surface area contributed by atoms with Crippen molar-refractivity contribution in [1.82, 2.24) is 4.90 Å². The number of likely N-dealkylation sites (tertiary alicyclic amines) is 1. The topological polar surface area (TPSA) is 83.9 Å². The summed E-state index contributed by atoms with van der Waals surface area (Å²) in [6, 6.07) is 6.76. The fourth-order valence-electron chi connectivity index (χ4n) is 4.04. The SMILES string of the molecule is COc1ccccc1C1(CC(=O)O)CC(=O)N(C2CCCC2)C1=O. The van der Waals surface area contributed by atoms with E-state index >= 15 is 0 Å². The molecule has 24 heavy (non-hydrogen) atoms. The van der Waals surface area contributed by atoms with Crippen LogP contribution in [0.5, 0.6) is 5.75 Å². The molecule has 1 atom stereocenters.